The second kappa shape index (κ2) is 6.64. The molecule has 0 atom stereocenters. The van der Waals surface area contributed by atoms with Crippen LogP contribution in [0.5, 0.6) is 5.75 Å². The monoisotopic (exact) mass is 375 g/mol. The largest absolute Gasteiger partial charge is 0.493 e. The van der Waals surface area contributed by atoms with Crippen LogP contribution in [0.2, 0.25) is 0 Å². The first kappa shape index (κ1) is 18.0. The zero-order valence-electron chi connectivity index (χ0n) is 16.1. The van der Waals surface area contributed by atoms with E-state index in [1.807, 2.05) is 38.1 Å². The van der Waals surface area contributed by atoms with Gasteiger partial charge in [-0.15, -0.1) is 5.10 Å². The third-order valence-electron chi connectivity index (χ3n) is 4.99. The van der Waals surface area contributed by atoms with Crippen molar-refractivity contribution in [1.29, 1.82) is 5.26 Å². The summed E-state index contributed by atoms with van der Waals surface area (Å²) >= 11 is 0. The standard InChI is InChI=1S/C21H21N5O2/c1-13(2)23-20(27)21(9-10-21)19-24-18-17(28-3)8-7-16(26(18)25-19)15-6-4-5-14(11-15)12-22/h4-8,11,13H,9-10H2,1-3H3,(H,23,27). The number of pyridine rings is 1. The van der Waals surface area contributed by atoms with Crippen molar-refractivity contribution in [3.8, 4) is 23.1 Å². The SMILES string of the molecule is COc1ccc(-c2cccc(C#N)c2)n2nc(C3(C(=O)NC(C)C)CC3)nc12. The molecule has 1 aliphatic carbocycles. The van der Waals surface area contributed by atoms with Gasteiger partial charge in [-0.3, -0.25) is 4.79 Å². The van der Waals surface area contributed by atoms with E-state index in [4.69, 9.17) is 9.84 Å². The molecule has 0 spiro atoms. The molecule has 1 saturated carbocycles. The van der Waals surface area contributed by atoms with Gasteiger partial charge in [-0.25, -0.2) is 9.50 Å². The van der Waals surface area contributed by atoms with Crippen molar-refractivity contribution in [2.75, 3.05) is 7.11 Å². The molecule has 7 heteroatoms. The number of methoxy groups -OCH3 is 1. The number of nitrogens with zero attached hydrogens (tertiary/aromatic N) is 4. The minimum atomic E-state index is -0.674. The summed E-state index contributed by atoms with van der Waals surface area (Å²) in [6.45, 7) is 3.88. The fraction of sp³-hybridized carbons (Fsp3) is 0.333. The molecule has 0 saturated heterocycles. The van der Waals surface area contributed by atoms with Crippen LogP contribution in [0, 0.1) is 11.3 Å². The van der Waals surface area contributed by atoms with Crippen LogP contribution < -0.4 is 10.1 Å². The summed E-state index contributed by atoms with van der Waals surface area (Å²) in [4.78, 5) is 17.4. The normalized spacial score (nSPS) is 14.7. The Morgan fingerprint density at radius 1 is 1.32 bits per heavy atom. The van der Waals surface area contributed by atoms with Crippen molar-refractivity contribution in [3.05, 3.63) is 47.8 Å². The van der Waals surface area contributed by atoms with Crippen molar-refractivity contribution in [3.63, 3.8) is 0 Å². The Morgan fingerprint density at radius 3 is 2.75 bits per heavy atom. The van der Waals surface area contributed by atoms with Gasteiger partial charge in [-0.2, -0.15) is 5.26 Å². The molecular formula is C21H21N5O2. The number of hydrogen-bond donors (Lipinski definition) is 1. The van der Waals surface area contributed by atoms with E-state index in [-0.39, 0.29) is 11.9 Å². The summed E-state index contributed by atoms with van der Waals surface area (Å²) in [6, 6.07) is 13.2. The Bertz CT molecular complexity index is 1110. The van der Waals surface area contributed by atoms with Gasteiger partial charge in [-0.05, 0) is 51.0 Å². The minimum Gasteiger partial charge on any atom is -0.493 e. The van der Waals surface area contributed by atoms with Crippen LogP contribution in [0.25, 0.3) is 16.9 Å². The highest BCUT2D eigenvalue weighted by Crippen LogP contribution is 2.47. The van der Waals surface area contributed by atoms with Gasteiger partial charge in [0.15, 0.2) is 17.2 Å². The van der Waals surface area contributed by atoms with Gasteiger partial charge in [0.1, 0.15) is 5.41 Å². The summed E-state index contributed by atoms with van der Waals surface area (Å²) in [5, 5.41) is 16.9. The maximum absolute atomic E-state index is 12.7. The fourth-order valence-electron chi connectivity index (χ4n) is 3.35. The molecule has 0 aliphatic heterocycles. The van der Waals surface area contributed by atoms with E-state index in [0.717, 1.165) is 24.1 Å². The van der Waals surface area contributed by atoms with Gasteiger partial charge < -0.3 is 10.1 Å². The smallest absolute Gasteiger partial charge is 0.234 e. The molecule has 3 aromatic rings. The fourth-order valence-corrected chi connectivity index (χ4v) is 3.35. The van der Waals surface area contributed by atoms with Crippen molar-refractivity contribution >= 4 is 11.6 Å². The van der Waals surface area contributed by atoms with Crippen molar-refractivity contribution in [1.82, 2.24) is 19.9 Å². The first-order valence-electron chi connectivity index (χ1n) is 9.24. The number of carbonyl (C=O) groups is 1. The van der Waals surface area contributed by atoms with Gasteiger partial charge in [0.05, 0.1) is 24.4 Å². The highest BCUT2D eigenvalue weighted by Gasteiger charge is 2.55. The topological polar surface area (TPSA) is 92.3 Å². The molecule has 7 nitrogen and oxygen atoms in total. The molecule has 1 aliphatic rings. The van der Waals surface area contributed by atoms with Crippen LogP contribution in [-0.4, -0.2) is 33.7 Å². The Hall–Kier alpha value is -3.40. The van der Waals surface area contributed by atoms with Crippen LogP contribution in [-0.2, 0) is 10.2 Å². The minimum absolute atomic E-state index is 0.0367. The summed E-state index contributed by atoms with van der Waals surface area (Å²) in [5.41, 5.74) is 2.08. The zero-order valence-corrected chi connectivity index (χ0v) is 16.1. The molecule has 1 N–H and O–H groups in total. The average Bonchev–Trinajstić information content (AvgIpc) is 3.39. The van der Waals surface area contributed by atoms with Crippen molar-refractivity contribution < 1.29 is 9.53 Å². The van der Waals surface area contributed by atoms with E-state index in [0.29, 0.717) is 22.8 Å². The lowest BCUT2D eigenvalue weighted by atomic mass is 10.1. The van der Waals surface area contributed by atoms with Crippen LogP contribution in [0.3, 0.4) is 0 Å². The second-order valence-corrected chi connectivity index (χ2v) is 7.36. The molecule has 1 fully saturated rings. The van der Waals surface area contributed by atoms with E-state index in [9.17, 15) is 10.1 Å². The predicted octanol–water partition coefficient (Wildman–Crippen LogP) is 2.83. The quantitative estimate of drug-likeness (QED) is 0.740. The Labute approximate surface area is 163 Å². The molecule has 142 valence electrons. The average molecular weight is 375 g/mol. The highest BCUT2D eigenvalue weighted by molar-refractivity contribution is 5.90. The summed E-state index contributed by atoms with van der Waals surface area (Å²) in [6.07, 6.45) is 1.45. The molecule has 1 amide bonds. The van der Waals surface area contributed by atoms with Crippen molar-refractivity contribution in [2.45, 2.75) is 38.1 Å². The molecule has 0 unspecified atom stereocenters. The number of benzene rings is 1. The second-order valence-electron chi connectivity index (χ2n) is 7.36. The number of hydrogen-bond acceptors (Lipinski definition) is 5. The number of amides is 1. The Kier molecular flexibility index (Phi) is 4.27. The molecule has 4 rings (SSSR count). The van der Waals surface area contributed by atoms with Gasteiger partial charge in [0.2, 0.25) is 5.91 Å². The third-order valence-corrected chi connectivity index (χ3v) is 4.99. The van der Waals surface area contributed by atoms with E-state index in [1.54, 1.807) is 23.8 Å². The number of nitrogens with one attached hydrogen (secondary N) is 1. The lowest BCUT2D eigenvalue weighted by molar-refractivity contribution is -0.124. The van der Waals surface area contributed by atoms with Gasteiger partial charge in [0, 0.05) is 11.6 Å². The Morgan fingerprint density at radius 2 is 2.11 bits per heavy atom. The number of ether oxygens (including phenoxy) is 1. The van der Waals surface area contributed by atoms with E-state index in [2.05, 4.69) is 16.4 Å². The lowest BCUT2D eigenvalue weighted by Gasteiger charge is -2.14. The van der Waals surface area contributed by atoms with Crippen molar-refractivity contribution in [2.24, 2.45) is 0 Å². The first-order valence-corrected chi connectivity index (χ1v) is 9.24. The molecule has 0 radical (unpaired) electrons. The van der Waals surface area contributed by atoms with Gasteiger partial charge >= 0.3 is 0 Å². The van der Waals surface area contributed by atoms with E-state index in [1.165, 1.54) is 0 Å². The number of aromatic nitrogens is 3. The Balaban J connectivity index is 1.86. The summed E-state index contributed by atoms with van der Waals surface area (Å²) in [7, 11) is 1.58. The van der Waals surface area contributed by atoms with Crippen LogP contribution >= 0.6 is 0 Å². The predicted molar refractivity (Wildman–Crippen MR) is 104 cm³/mol. The molecule has 28 heavy (non-hydrogen) atoms. The maximum Gasteiger partial charge on any atom is 0.234 e. The first-order chi connectivity index (χ1) is 13.5. The van der Waals surface area contributed by atoms with Crippen LogP contribution in [0.1, 0.15) is 38.1 Å². The molecule has 2 heterocycles. The molecule has 0 bridgehead atoms. The van der Waals surface area contributed by atoms with Gasteiger partial charge in [-0.1, -0.05) is 12.1 Å². The van der Waals surface area contributed by atoms with Crippen LogP contribution in [0.4, 0.5) is 0 Å². The van der Waals surface area contributed by atoms with Gasteiger partial charge in [0.25, 0.3) is 0 Å². The number of carbonyl (C=O) groups excluding carboxylic acids is 1. The maximum atomic E-state index is 12.7. The number of fused-ring (bicyclic) bond motifs is 1. The van der Waals surface area contributed by atoms with Crippen LogP contribution in [0.15, 0.2) is 36.4 Å². The summed E-state index contributed by atoms with van der Waals surface area (Å²) in [5.74, 6) is 1.05. The molecular weight excluding hydrogens is 354 g/mol. The zero-order chi connectivity index (χ0) is 19.9. The lowest BCUT2D eigenvalue weighted by Crippen LogP contribution is -2.39. The third kappa shape index (κ3) is 2.87. The molecule has 1 aromatic carbocycles. The summed E-state index contributed by atoms with van der Waals surface area (Å²) < 4.78 is 7.16. The number of rotatable bonds is 5. The molecule has 2 aromatic heterocycles. The number of nitriles is 1. The van der Waals surface area contributed by atoms with E-state index >= 15 is 0 Å². The highest BCUT2D eigenvalue weighted by atomic mass is 16.5. The van der Waals surface area contributed by atoms with E-state index < -0.39 is 5.41 Å².